The van der Waals surface area contributed by atoms with Crippen molar-refractivity contribution in [3.8, 4) is 5.69 Å². The van der Waals surface area contributed by atoms with Crippen molar-refractivity contribution in [2.75, 3.05) is 0 Å². The van der Waals surface area contributed by atoms with E-state index in [4.69, 9.17) is 23.2 Å². The van der Waals surface area contributed by atoms with Gasteiger partial charge in [-0.25, -0.2) is 0 Å². The molecule has 0 saturated heterocycles. The molecule has 0 bridgehead atoms. The molecule has 0 saturated carbocycles. The van der Waals surface area contributed by atoms with Crippen LogP contribution in [0.4, 0.5) is 0 Å². The number of hydrogen-bond acceptors (Lipinski definition) is 4. The van der Waals surface area contributed by atoms with Crippen molar-refractivity contribution in [3.05, 3.63) is 140 Å². The van der Waals surface area contributed by atoms with E-state index < -0.39 is 6.04 Å². The molecule has 4 aromatic carbocycles. The number of carbonyl (C=O) groups excluding carboxylic acids is 1. The Hall–Kier alpha value is -3.10. The number of halogens is 3. The van der Waals surface area contributed by atoms with Crippen LogP contribution < -0.4 is 5.32 Å². The van der Waals surface area contributed by atoms with Gasteiger partial charge in [0.1, 0.15) is 0 Å². The maximum Gasteiger partial charge on any atom is 0.253 e. The highest BCUT2D eigenvalue weighted by Gasteiger charge is 2.27. The van der Waals surface area contributed by atoms with Crippen LogP contribution in [-0.4, -0.2) is 20.7 Å². The molecule has 5 nitrogen and oxygen atoms in total. The molecule has 0 radical (unpaired) electrons. The van der Waals surface area contributed by atoms with Crippen LogP contribution in [0, 0.1) is 0 Å². The molecule has 39 heavy (non-hydrogen) atoms. The van der Waals surface area contributed by atoms with Gasteiger partial charge in [0, 0.05) is 15.2 Å². The molecule has 0 aliphatic rings. The molecule has 1 aromatic heterocycles. The SMILES string of the molecule is O=C(NC(Cc1ccccc1)c1nnc(SCc2ccccc2)n1-c1ccc(Cl)cc1Cl)c1ccccc1Br. The van der Waals surface area contributed by atoms with E-state index in [0.717, 1.165) is 11.1 Å². The quantitative estimate of drug-likeness (QED) is 0.165. The fourth-order valence-corrected chi connectivity index (χ4v) is 6.02. The zero-order chi connectivity index (χ0) is 27.2. The first-order chi connectivity index (χ1) is 19.0. The lowest BCUT2D eigenvalue weighted by Crippen LogP contribution is -2.32. The Bertz CT molecular complexity index is 1580. The van der Waals surface area contributed by atoms with E-state index in [0.29, 0.717) is 48.9 Å². The van der Waals surface area contributed by atoms with Crippen molar-refractivity contribution in [3.63, 3.8) is 0 Å². The first-order valence-electron chi connectivity index (χ1n) is 12.2. The summed E-state index contributed by atoms with van der Waals surface area (Å²) in [4.78, 5) is 13.5. The number of aromatic nitrogens is 3. The molecule has 1 amide bonds. The molecule has 1 N–H and O–H groups in total. The molecule has 0 spiro atoms. The van der Waals surface area contributed by atoms with Crippen molar-refractivity contribution in [1.82, 2.24) is 20.1 Å². The molecular weight excluding hydrogens is 615 g/mol. The minimum Gasteiger partial charge on any atom is -0.342 e. The fraction of sp³-hybridized carbons (Fsp3) is 0.100. The lowest BCUT2D eigenvalue weighted by atomic mass is 10.0. The zero-order valence-corrected chi connectivity index (χ0v) is 24.5. The Kier molecular flexibility index (Phi) is 9.04. The average molecular weight is 638 g/mol. The predicted octanol–water partition coefficient (Wildman–Crippen LogP) is 8.34. The molecule has 0 fully saturated rings. The molecule has 1 heterocycles. The number of hydrogen-bond donors (Lipinski definition) is 1. The van der Waals surface area contributed by atoms with Gasteiger partial charge in [0.25, 0.3) is 5.91 Å². The molecular formula is C30H23BrCl2N4OS. The predicted molar refractivity (Wildman–Crippen MR) is 162 cm³/mol. The van der Waals surface area contributed by atoms with Gasteiger partial charge < -0.3 is 5.32 Å². The van der Waals surface area contributed by atoms with Crippen LogP contribution in [0.25, 0.3) is 5.69 Å². The van der Waals surface area contributed by atoms with Gasteiger partial charge in [-0.3, -0.25) is 9.36 Å². The molecule has 5 aromatic rings. The van der Waals surface area contributed by atoms with Gasteiger partial charge in [-0.05, 0) is 63.8 Å². The second-order valence-corrected chi connectivity index (χ2v) is 11.4. The highest BCUT2D eigenvalue weighted by Crippen LogP contribution is 2.33. The molecule has 0 aliphatic heterocycles. The summed E-state index contributed by atoms with van der Waals surface area (Å²) in [6.45, 7) is 0. The van der Waals surface area contributed by atoms with Crippen molar-refractivity contribution in [1.29, 1.82) is 0 Å². The van der Waals surface area contributed by atoms with Crippen LogP contribution in [0.1, 0.15) is 33.4 Å². The molecule has 0 aliphatic carbocycles. The van der Waals surface area contributed by atoms with Gasteiger partial charge in [0.05, 0.1) is 22.3 Å². The normalized spacial score (nSPS) is 11.8. The van der Waals surface area contributed by atoms with Crippen molar-refractivity contribution in [2.24, 2.45) is 0 Å². The van der Waals surface area contributed by atoms with Gasteiger partial charge in [-0.1, -0.05) is 108 Å². The third-order valence-corrected chi connectivity index (χ3v) is 8.27. The Balaban J connectivity index is 1.58. The van der Waals surface area contributed by atoms with Crippen LogP contribution in [0.5, 0.6) is 0 Å². The van der Waals surface area contributed by atoms with E-state index in [1.54, 1.807) is 30.0 Å². The van der Waals surface area contributed by atoms with Gasteiger partial charge in [0.15, 0.2) is 11.0 Å². The van der Waals surface area contributed by atoms with Crippen LogP contribution >= 0.6 is 50.9 Å². The summed E-state index contributed by atoms with van der Waals surface area (Å²) in [6.07, 6.45) is 0.504. The first kappa shape index (κ1) is 27.5. The van der Waals surface area contributed by atoms with E-state index in [1.807, 2.05) is 77.4 Å². The monoisotopic (exact) mass is 636 g/mol. The fourth-order valence-electron chi connectivity index (χ4n) is 4.15. The standard InChI is InChI=1S/C30H23BrCl2N4OS/c31-24-14-8-7-13-23(24)29(38)34-26(17-20-9-3-1-4-10-20)28-35-36-30(39-19-21-11-5-2-6-12-21)37(28)27-16-15-22(32)18-25(27)33/h1-16,18,26H,17,19H2,(H,34,38). The number of nitrogens with one attached hydrogen (secondary N) is 1. The number of rotatable bonds is 9. The Morgan fingerprint density at radius 1 is 0.872 bits per heavy atom. The van der Waals surface area contributed by atoms with E-state index >= 15 is 0 Å². The minimum absolute atomic E-state index is 0.223. The number of nitrogens with zero attached hydrogens (tertiary/aromatic N) is 3. The third-order valence-electron chi connectivity index (χ3n) is 6.04. The summed E-state index contributed by atoms with van der Waals surface area (Å²) in [5.41, 5.74) is 3.42. The maximum absolute atomic E-state index is 13.5. The first-order valence-corrected chi connectivity index (χ1v) is 14.7. The van der Waals surface area contributed by atoms with Crippen molar-refractivity contribution >= 4 is 56.8 Å². The average Bonchev–Trinajstić information content (AvgIpc) is 3.36. The minimum atomic E-state index is -0.502. The summed E-state index contributed by atoms with van der Waals surface area (Å²) < 4.78 is 2.63. The van der Waals surface area contributed by atoms with Gasteiger partial charge in [-0.2, -0.15) is 0 Å². The lowest BCUT2D eigenvalue weighted by molar-refractivity contribution is 0.0933. The van der Waals surface area contributed by atoms with Crippen molar-refractivity contribution in [2.45, 2.75) is 23.4 Å². The van der Waals surface area contributed by atoms with Crippen LogP contribution in [-0.2, 0) is 12.2 Å². The Morgan fingerprint density at radius 3 is 2.23 bits per heavy atom. The Labute approximate surface area is 249 Å². The highest BCUT2D eigenvalue weighted by atomic mass is 79.9. The third kappa shape index (κ3) is 6.73. The molecule has 1 atom stereocenters. The number of thioether (sulfide) groups is 1. The second-order valence-electron chi connectivity index (χ2n) is 8.74. The Morgan fingerprint density at radius 2 is 1.54 bits per heavy atom. The maximum atomic E-state index is 13.5. The molecule has 9 heteroatoms. The number of amides is 1. The number of benzene rings is 4. The lowest BCUT2D eigenvalue weighted by Gasteiger charge is -2.21. The van der Waals surface area contributed by atoms with E-state index in [-0.39, 0.29) is 5.91 Å². The summed E-state index contributed by atoms with van der Waals surface area (Å²) in [5, 5.41) is 14.0. The molecule has 1 unspecified atom stereocenters. The molecule has 5 rings (SSSR count). The summed E-state index contributed by atoms with van der Waals surface area (Å²) in [6, 6.07) is 32.3. The highest BCUT2D eigenvalue weighted by molar-refractivity contribution is 9.10. The smallest absolute Gasteiger partial charge is 0.253 e. The van der Waals surface area contributed by atoms with E-state index in [1.165, 1.54) is 0 Å². The van der Waals surface area contributed by atoms with Gasteiger partial charge in [0.2, 0.25) is 0 Å². The van der Waals surface area contributed by atoms with Gasteiger partial charge >= 0.3 is 0 Å². The van der Waals surface area contributed by atoms with Crippen LogP contribution in [0.2, 0.25) is 10.0 Å². The summed E-state index contributed by atoms with van der Waals surface area (Å²) in [5.74, 6) is 1.04. The second kappa shape index (κ2) is 12.8. The summed E-state index contributed by atoms with van der Waals surface area (Å²) in [7, 11) is 0. The van der Waals surface area contributed by atoms with Crippen molar-refractivity contribution < 1.29 is 4.79 Å². The number of carbonyl (C=O) groups is 1. The van der Waals surface area contributed by atoms with E-state index in [2.05, 4.69) is 43.6 Å². The van der Waals surface area contributed by atoms with Crippen LogP contribution in [0.3, 0.4) is 0 Å². The van der Waals surface area contributed by atoms with Gasteiger partial charge in [-0.15, -0.1) is 10.2 Å². The largest absolute Gasteiger partial charge is 0.342 e. The molecule has 196 valence electrons. The van der Waals surface area contributed by atoms with E-state index in [9.17, 15) is 4.79 Å². The van der Waals surface area contributed by atoms with Crippen LogP contribution in [0.15, 0.2) is 113 Å². The topological polar surface area (TPSA) is 59.8 Å². The summed E-state index contributed by atoms with van der Waals surface area (Å²) >= 11 is 18.0. The zero-order valence-electron chi connectivity index (χ0n) is 20.6.